The van der Waals surface area contributed by atoms with Crippen molar-refractivity contribution in [2.24, 2.45) is 5.92 Å². The number of aryl methyl sites for hydroxylation is 1. The number of piperidine rings is 1. The summed E-state index contributed by atoms with van der Waals surface area (Å²) in [5, 5.41) is 0. The topological polar surface area (TPSA) is 36.4 Å². The second-order valence-electron chi connectivity index (χ2n) is 7.19. The largest absolute Gasteiger partial charge is 0.338 e. The number of carbonyl (C=O) groups excluding carboxylic acids is 1. The van der Waals surface area contributed by atoms with Gasteiger partial charge in [0.25, 0.3) is 0 Å². The van der Waals surface area contributed by atoms with Crippen LogP contribution in [0.1, 0.15) is 34.5 Å². The van der Waals surface area contributed by atoms with Crippen LogP contribution in [-0.4, -0.2) is 40.3 Å². The Balaban J connectivity index is 1.32. The number of fused-ring (bicyclic) bond motifs is 1. The van der Waals surface area contributed by atoms with Gasteiger partial charge in [0.2, 0.25) is 5.91 Å². The van der Waals surface area contributed by atoms with Crippen LogP contribution in [-0.2, 0) is 24.3 Å². The Morgan fingerprint density at radius 3 is 2.68 bits per heavy atom. The van der Waals surface area contributed by atoms with E-state index in [1.54, 1.807) is 11.3 Å². The first kappa shape index (κ1) is 16.7. The Morgan fingerprint density at radius 1 is 1.20 bits per heavy atom. The smallest absolute Gasteiger partial charge is 0.226 e. The van der Waals surface area contributed by atoms with Crippen LogP contribution in [0.5, 0.6) is 0 Å². The van der Waals surface area contributed by atoms with E-state index in [-0.39, 0.29) is 5.92 Å². The molecule has 1 aromatic carbocycles. The highest BCUT2D eigenvalue weighted by molar-refractivity contribution is 7.09. The van der Waals surface area contributed by atoms with Gasteiger partial charge < -0.3 is 4.90 Å². The lowest BCUT2D eigenvalue weighted by Crippen LogP contribution is -2.44. The van der Waals surface area contributed by atoms with Gasteiger partial charge in [-0.25, -0.2) is 4.98 Å². The third-order valence-corrected chi connectivity index (χ3v) is 6.51. The number of aromatic nitrogens is 1. The van der Waals surface area contributed by atoms with Crippen LogP contribution in [0.2, 0.25) is 0 Å². The monoisotopic (exact) mass is 355 g/mol. The van der Waals surface area contributed by atoms with Crippen molar-refractivity contribution in [2.45, 2.75) is 39.3 Å². The minimum atomic E-state index is 0.198. The van der Waals surface area contributed by atoms with E-state index in [9.17, 15) is 4.79 Å². The van der Waals surface area contributed by atoms with Gasteiger partial charge in [0.15, 0.2) is 0 Å². The third kappa shape index (κ3) is 3.62. The second-order valence-corrected chi connectivity index (χ2v) is 8.13. The van der Waals surface area contributed by atoms with Crippen LogP contribution in [0.4, 0.5) is 0 Å². The molecule has 1 saturated heterocycles. The summed E-state index contributed by atoms with van der Waals surface area (Å²) in [6.07, 6.45) is 2.95. The van der Waals surface area contributed by atoms with Crippen molar-refractivity contribution in [1.29, 1.82) is 0 Å². The number of benzene rings is 1. The minimum Gasteiger partial charge on any atom is -0.338 e. The number of carbonyl (C=O) groups is 1. The van der Waals surface area contributed by atoms with E-state index in [4.69, 9.17) is 0 Å². The van der Waals surface area contributed by atoms with Gasteiger partial charge in [0, 0.05) is 30.4 Å². The SMILES string of the molecule is Cc1ncsc1CN1CCC(C(=O)N2CCc3ccccc3C2)CC1. The summed E-state index contributed by atoms with van der Waals surface area (Å²) in [4.78, 5) is 23.2. The van der Waals surface area contributed by atoms with Gasteiger partial charge in [-0.2, -0.15) is 0 Å². The number of hydrogen-bond acceptors (Lipinski definition) is 4. The molecule has 0 unspecified atom stereocenters. The molecule has 0 aliphatic carbocycles. The average Bonchev–Trinajstić information content (AvgIpc) is 3.06. The molecule has 1 aromatic heterocycles. The molecule has 4 rings (SSSR count). The Morgan fingerprint density at radius 2 is 1.96 bits per heavy atom. The molecule has 0 spiro atoms. The number of thiazole rings is 1. The van der Waals surface area contributed by atoms with Crippen molar-refractivity contribution >= 4 is 17.2 Å². The van der Waals surface area contributed by atoms with Gasteiger partial charge >= 0.3 is 0 Å². The van der Waals surface area contributed by atoms with E-state index in [0.29, 0.717) is 5.91 Å². The fraction of sp³-hybridized carbons (Fsp3) is 0.500. The Bertz CT molecular complexity index is 749. The number of amides is 1. The molecule has 0 N–H and O–H groups in total. The molecular formula is C20H25N3OS. The number of hydrogen-bond donors (Lipinski definition) is 0. The maximum absolute atomic E-state index is 12.9. The predicted molar refractivity (Wildman–Crippen MR) is 100 cm³/mol. The molecule has 2 aliphatic rings. The summed E-state index contributed by atoms with van der Waals surface area (Å²) in [5.41, 5.74) is 5.80. The van der Waals surface area contributed by atoms with E-state index in [0.717, 1.165) is 57.7 Å². The van der Waals surface area contributed by atoms with Crippen LogP contribution in [0, 0.1) is 12.8 Å². The van der Waals surface area contributed by atoms with Crippen molar-refractivity contribution in [2.75, 3.05) is 19.6 Å². The van der Waals surface area contributed by atoms with Crippen LogP contribution in [0.15, 0.2) is 29.8 Å². The van der Waals surface area contributed by atoms with Crippen molar-refractivity contribution in [3.05, 3.63) is 51.5 Å². The van der Waals surface area contributed by atoms with Gasteiger partial charge in [0.05, 0.1) is 11.2 Å². The molecule has 2 aromatic rings. The first-order valence-corrected chi connectivity index (χ1v) is 10.1. The molecule has 4 nitrogen and oxygen atoms in total. The molecule has 0 bridgehead atoms. The lowest BCUT2D eigenvalue weighted by molar-refractivity contribution is -0.138. The quantitative estimate of drug-likeness (QED) is 0.848. The molecule has 5 heteroatoms. The zero-order chi connectivity index (χ0) is 17.2. The number of likely N-dealkylation sites (tertiary alicyclic amines) is 1. The summed E-state index contributed by atoms with van der Waals surface area (Å²) >= 11 is 1.74. The van der Waals surface area contributed by atoms with Crippen molar-refractivity contribution in [1.82, 2.24) is 14.8 Å². The Kier molecular flexibility index (Phi) is 4.86. The van der Waals surface area contributed by atoms with Gasteiger partial charge in [-0.3, -0.25) is 9.69 Å². The van der Waals surface area contributed by atoms with Crippen LogP contribution >= 0.6 is 11.3 Å². The third-order valence-electron chi connectivity index (χ3n) is 5.59. The molecule has 1 fully saturated rings. The lowest BCUT2D eigenvalue weighted by Gasteiger charge is -2.36. The van der Waals surface area contributed by atoms with Crippen molar-refractivity contribution in [3.63, 3.8) is 0 Å². The van der Waals surface area contributed by atoms with E-state index in [1.165, 1.54) is 16.0 Å². The highest BCUT2D eigenvalue weighted by Crippen LogP contribution is 2.26. The summed E-state index contributed by atoms with van der Waals surface area (Å²) in [5.74, 6) is 0.562. The van der Waals surface area contributed by atoms with E-state index in [2.05, 4.69) is 46.0 Å². The summed E-state index contributed by atoms with van der Waals surface area (Å²) in [7, 11) is 0. The number of rotatable bonds is 3. The normalized spacial score (nSPS) is 19.0. The van der Waals surface area contributed by atoms with Gasteiger partial charge in [-0.15, -0.1) is 11.3 Å². The van der Waals surface area contributed by atoms with Gasteiger partial charge in [0.1, 0.15) is 0 Å². The molecule has 2 aliphatic heterocycles. The molecule has 0 radical (unpaired) electrons. The maximum atomic E-state index is 12.9. The first-order valence-electron chi connectivity index (χ1n) is 9.17. The summed E-state index contributed by atoms with van der Waals surface area (Å²) < 4.78 is 0. The van der Waals surface area contributed by atoms with Gasteiger partial charge in [-0.1, -0.05) is 24.3 Å². The highest BCUT2D eigenvalue weighted by atomic mass is 32.1. The fourth-order valence-corrected chi connectivity index (χ4v) is 4.78. The molecular weight excluding hydrogens is 330 g/mol. The maximum Gasteiger partial charge on any atom is 0.226 e. The summed E-state index contributed by atoms with van der Waals surface area (Å²) in [6, 6.07) is 8.52. The van der Waals surface area contributed by atoms with Crippen LogP contribution in [0.3, 0.4) is 0 Å². The van der Waals surface area contributed by atoms with Crippen LogP contribution in [0.25, 0.3) is 0 Å². The minimum absolute atomic E-state index is 0.198. The predicted octanol–water partition coefficient (Wildman–Crippen LogP) is 3.25. The molecule has 0 saturated carbocycles. The zero-order valence-corrected chi connectivity index (χ0v) is 15.6. The molecule has 25 heavy (non-hydrogen) atoms. The molecule has 1 amide bonds. The highest BCUT2D eigenvalue weighted by Gasteiger charge is 2.30. The van der Waals surface area contributed by atoms with Crippen molar-refractivity contribution < 1.29 is 4.79 Å². The lowest BCUT2D eigenvalue weighted by atomic mass is 9.93. The first-order chi connectivity index (χ1) is 12.2. The fourth-order valence-electron chi connectivity index (χ4n) is 3.96. The second kappa shape index (κ2) is 7.26. The summed E-state index contributed by atoms with van der Waals surface area (Å²) in [6.45, 7) is 6.74. The number of nitrogens with zero attached hydrogens (tertiary/aromatic N) is 3. The van der Waals surface area contributed by atoms with E-state index in [1.807, 2.05) is 5.51 Å². The molecule has 0 atom stereocenters. The van der Waals surface area contributed by atoms with E-state index >= 15 is 0 Å². The van der Waals surface area contributed by atoms with Gasteiger partial charge in [-0.05, 0) is 50.4 Å². The standard InChI is InChI=1S/C20H25N3OS/c1-15-19(25-14-21-15)13-22-9-6-17(7-10-22)20(24)23-11-8-16-4-2-3-5-18(16)12-23/h2-5,14,17H,6-13H2,1H3. The van der Waals surface area contributed by atoms with Crippen molar-refractivity contribution in [3.8, 4) is 0 Å². The average molecular weight is 356 g/mol. The van der Waals surface area contributed by atoms with E-state index < -0.39 is 0 Å². The van der Waals surface area contributed by atoms with Crippen LogP contribution < -0.4 is 0 Å². The molecule has 132 valence electrons. The zero-order valence-electron chi connectivity index (χ0n) is 14.8. The molecule has 3 heterocycles. The Hall–Kier alpha value is -1.72. The Labute approximate surface area is 153 Å².